The first-order valence-electron chi connectivity index (χ1n) is 6.54. The summed E-state index contributed by atoms with van der Waals surface area (Å²) in [5, 5.41) is 0.366. The van der Waals surface area contributed by atoms with Gasteiger partial charge in [0, 0.05) is 19.1 Å². The van der Waals surface area contributed by atoms with Gasteiger partial charge in [0.05, 0.1) is 11.1 Å². The quantitative estimate of drug-likeness (QED) is 0.764. The summed E-state index contributed by atoms with van der Waals surface area (Å²) in [6.45, 7) is 5.26. The first-order chi connectivity index (χ1) is 9.79. The Morgan fingerprint density at radius 3 is 2.43 bits per heavy atom. The van der Waals surface area contributed by atoms with Crippen molar-refractivity contribution in [3.8, 4) is 0 Å². The highest BCUT2D eigenvalue weighted by atomic mass is 19.4. The zero-order chi connectivity index (χ0) is 15.8. The van der Waals surface area contributed by atoms with E-state index in [-0.39, 0.29) is 5.56 Å². The molecular weight excluding hydrogens is 285 g/mol. The van der Waals surface area contributed by atoms with Gasteiger partial charge in [0.2, 0.25) is 0 Å². The summed E-state index contributed by atoms with van der Waals surface area (Å²) in [6.07, 6.45) is -5.16. The molecule has 6 heteroatoms. The van der Waals surface area contributed by atoms with E-state index in [4.69, 9.17) is 13.9 Å². The summed E-state index contributed by atoms with van der Waals surface area (Å²) >= 11 is 0. The molecule has 0 spiro atoms. The van der Waals surface area contributed by atoms with Gasteiger partial charge in [-0.1, -0.05) is 0 Å². The van der Waals surface area contributed by atoms with Gasteiger partial charge in [-0.25, -0.2) is 0 Å². The Morgan fingerprint density at radius 1 is 1.24 bits per heavy atom. The molecule has 3 nitrogen and oxygen atoms in total. The molecule has 0 amide bonds. The molecule has 0 saturated carbocycles. The third kappa shape index (κ3) is 2.91. The first kappa shape index (κ1) is 15.9. The van der Waals surface area contributed by atoms with Gasteiger partial charge in [-0.15, -0.1) is 0 Å². The van der Waals surface area contributed by atoms with Crippen LogP contribution in [0.1, 0.15) is 35.7 Å². The number of halogens is 3. The molecule has 0 aliphatic carbocycles. The zero-order valence-electron chi connectivity index (χ0n) is 12.3. The van der Waals surface area contributed by atoms with Gasteiger partial charge in [0.1, 0.15) is 11.3 Å². The lowest BCUT2D eigenvalue weighted by Crippen LogP contribution is -2.09. The van der Waals surface area contributed by atoms with Crippen molar-refractivity contribution < 1.29 is 27.1 Å². The van der Waals surface area contributed by atoms with Crippen LogP contribution in [0.2, 0.25) is 0 Å². The van der Waals surface area contributed by atoms with E-state index in [1.807, 2.05) is 0 Å². The summed E-state index contributed by atoms with van der Waals surface area (Å²) in [5.41, 5.74) is 0.346. The van der Waals surface area contributed by atoms with E-state index in [1.165, 1.54) is 20.1 Å². The fraction of sp³-hybridized carbons (Fsp3) is 0.467. The van der Waals surface area contributed by atoms with E-state index >= 15 is 0 Å². The molecule has 21 heavy (non-hydrogen) atoms. The van der Waals surface area contributed by atoms with Crippen LogP contribution in [0.5, 0.6) is 0 Å². The average Bonchev–Trinajstić information content (AvgIpc) is 2.69. The minimum absolute atomic E-state index is 0.126. The van der Waals surface area contributed by atoms with E-state index in [0.717, 1.165) is 6.07 Å². The predicted molar refractivity (Wildman–Crippen MR) is 72.1 cm³/mol. The summed E-state index contributed by atoms with van der Waals surface area (Å²) in [4.78, 5) is 0. The summed E-state index contributed by atoms with van der Waals surface area (Å²) in [7, 11) is 1.44. The largest absolute Gasteiger partial charge is 0.461 e. The van der Waals surface area contributed by atoms with Gasteiger partial charge in [0.15, 0.2) is 6.29 Å². The maximum absolute atomic E-state index is 13.1. The molecule has 2 aromatic rings. The number of ether oxygens (including phenoxy) is 2. The van der Waals surface area contributed by atoms with Crippen molar-refractivity contribution in [2.75, 3.05) is 13.7 Å². The van der Waals surface area contributed by atoms with E-state index in [1.54, 1.807) is 13.8 Å². The van der Waals surface area contributed by atoms with Crippen molar-refractivity contribution in [1.29, 1.82) is 0 Å². The molecule has 1 unspecified atom stereocenters. The summed E-state index contributed by atoms with van der Waals surface area (Å²) in [5.74, 6) is 0.490. The van der Waals surface area contributed by atoms with Crippen LogP contribution in [0.3, 0.4) is 0 Å². The predicted octanol–water partition coefficient (Wildman–Crippen LogP) is 4.75. The van der Waals surface area contributed by atoms with Gasteiger partial charge in [-0.05, 0) is 38.5 Å². The average molecular weight is 302 g/mol. The number of hydrogen-bond donors (Lipinski definition) is 0. The third-order valence-corrected chi connectivity index (χ3v) is 3.33. The highest BCUT2D eigenvalue weighted by Gasteiger charge is 2.34. The molecule has 1 heterocycles. The van der Waals surface area contributed by atoms with Crippen LogP contribution in [0, 0.1) is 13.8 Å². The van der Waals surface area contributed by atoms with Crippen molar-refractivity contribution in [3.05, 3.63) is 34.6 Å². The summed E-state index contributed by atoms with van der Waals surface area (Å²) < 4.78 is 55.3. The highest BCUT2D eigenvalue weighted by molar-refractivity contribution is 5.84. The number of methoxy groups -OCH3 is 1. The van der Waals surface area contributed by atoms with Crippen molar-refractivity contribution in [2.45, 2.75) is 33.2 Å². The number of furan rings is 1. The molecule has 1 aromatic heterocycles. The van der Waals surface area contributed by atoms with Crippen LogP contribution in [0.15, 0.2) is 16.5 Å². The SMILES string of the molecule is CCOC(OC)c1c(C)oc2cc(C)c(C(F)(F)F)cc12. The van der Waals surface area contributed by atoms with Crippen LogP contribution in [0.25, 0.3) is 11.0 Å². The van der Waals surface area contributed by atoms with Crippen LogP contribution in [-0.2, 0) is 15.7 Å². The smallest absolute Gasteiger partial charge is 0.416 e. The maximum Gasteiger partial charge on any atom is 0.416 e. The first-order valence-corrected chi connectivity index (χ1v) is 6.54. The van der Waals surface area contributed by atoms with Crippen LogP contribution in [-0.4, -0.2) is 13.7 Å². The lowest BCUT2D eigenvalue weighted by molar-refractivity contribution is -0.138. The Hall–Kier alpha value is -1.53. The molecule has 0 N–H and O–H groups in total. The molecule has 116 valence electrons. The van der Waals surface area contributed by atoms with E-state index in [2.05, 4.69) is 0 Å². The number of alkyl halides is 3. The molecule has 1 aromatic carbocycles. The van der Waals surface area contributed by atoms with Gasteiger partial charge in [-0.3, -0.25) is 0 Å². The van der Waals surface area contributed by atoms with E-state index in [9.17, 15) is 13.2 Å². The number of benzene rings is 1. The fourth-order valence-corrected chi connectivity index (χ4v) is 2.40. The van der Waals surface area contributed by atoms with Gasteiger partial charge in [-0.2, -0.15) is 13.2 Å². The third-order valence-electron chi connectivity index (χ3n) is 3.33. The van der Waals surface area contributed by atoms with Crippen LogP contribution in [0.4, 0.5) is 13.2 Å². The Labute approximate surface area is 120 Å². The van der Waals surface area contributed by atoms with Crippen molar-refractivity contribution >= 4 is 11.0 Å². The standard InChI is InChI=1S/C15H17F3O3/c1-5-20-14(19-4)13-9(3)21-12-6-8(2)11(7-10(12)13)15(16,17)18/h6-7,14H,5H2,1-4H3. The lowest BCUT2D eigenvalue weighted by atomic mass is 10.0. The molecular formula is C15H17F3O3. The highest BCUT2D eigenvalue weighted by Crippen LogP contribution is 2.39. The summed E-state index contributed by atoms with van der Waals surface area (Å²) in [6, 6.07) is 2.49. The van der Waals surface area contributed by atoms with E-state index in [0.29, 0.717) is 28.9 Å². The number of fused-ring (bicyclic) bond motifs is 1. The van der Waals surface area contributed by atoms with Gasteiger partial charge in [0.25, 0.3) is 0 Å². The van der Waals surface area contributed by atoms with Gasteiger partial charge >= 0.3 is 6.18 Å². The van der Waals surface area contributed by atoms with Crippen molar-refractivity contribution in [3.63, 3.8) is 0 Å². The van der Waals surface area contributed by atoms with Crippen LogP contribution >= 0.6 is 0 Å². The Morgan fingerprint density at radius 2 is 1.90 bits per heavy atom. The van der Waals surface area contributed by atoms with Crippen molar-refractivity contribution in [2.24, 2.45) is 0 Å². The Kier molecular flexibility index (Phi) is 4.30. The van der Waals surface area contributed by atoms with Gasteiger partial charge < -0.3 is 13.9 Å². The molecule has 0 fully saturated rings. The minimum Gasteiger partial charge on any atom is -0.461 e. The normalized spacial score (nSPS) is 13.9. The second-order valence-electron chi connectivity index (χ2n) is 4.76. The topological polar surface area (TPSA) is 31.6 Å². The molecule has 1 atom stereocenters. The molecule has 2 rings (SSSR count). The molecule has 0 aliphatic rings. The van der Waals surface area contributed by atoms with Crippen LogP contribution < -0.4 is 0 Å². The Balaban J connectivity index is 2.68. The zero-order valence-corrected chi connectivity index (χ0v) is 12.3. The van der Waals surface area contributed by atoms with Crippen molar-refractivity contribution in [1.82, 2.24) is 0 Å². The second-order valence-corrected chi connectivity index (χ2v) is 4.76. The Bertz CT molecular complexity index is 644. The molecule has 0 saturated heterocycles. The molecule has 0 radical (unpaired) electrons. The fourth-order valence-electron chi connectivity index (χ4n) is 2.40. The monoisotopic (exact) mass is 302 g/mol. The van der Waals surface area contributed by atoms with E-state index < -0.39 is 18.0 Å². The minimum atomic E-state index is -4.41. The number of aryl methyl sites for hydroxylation is 2. The lowest BCUT2D eigenvalue weighted by Gasteiger charge is -2.16. The number of rotatable bonds is 4. The maximum atomic E-state index is 13.1. The molecule has 0 aliphatic heterocycles. The second kappa shape index (κ2) is 5.69. The number of hydrogen-bond acceptors (Lipinski definition) is 3. The molecule has 0 bridgehead atoms.